The summed E-state index contributed by atoms with van der Waals surface area (Å²) in [6.07, 6.45) is 2.06. The van der Waals surface area contributed by atoms with Crippen LogP contribution in [0.1, 0.15) is 11.4 Å². The number of nitrogens with zero attached hydrogens (tertiary/aromatic N) is 2. The third kappa shape index (κ3) is 3.06. The fourth-order valence-corrected chi connectivity index (χ4v) is 1.40. The molecule has 2 rings (SSSR count). The largest absolute Gasteiger partial charge is 0.508 e. The van der Waals surface area contributed by atoms with Crippen LogP contribution in [0.4, 0.5) is 0 Å². The van der Waals surface area contributed by atoms with Crippen molar-refractivity contribution in [3.8, 4) is 5.75 Å². The second-order valence-electron chi connectivity index (χ2n) is 3.44. The highest BCUT2D eigenvalue weighted by Crippen LogP contribution is 2.10. The quantitative estimate of drug-likeness (QED) is 0.737. The molecule has 0 bridgehead atoms. The van der Waals surface area contributed by atoms with Gasteiger partial charge in [0.1, 0.15) is 5.75 Å². The van der Waals surface area contributed by atoms with Gasteiger partial charge in [0.2, 0.25) is 6.39 Å². The predicted molar refractivity (Wildman–Crippen MR) is 57.8 cm³/mol. The van der Waals surface area contributed by atoms with Crippen LogP contribution in [0.2, 0.25) is 0 Å². The zero-order valence-corrected chi connectivity index (χ0v) is 8.76. The van der Waals surface area contributed by atoms with Crippen LogP contribution in [0.15, 0.2) is 35.2 Å². The van der Waals surface area contributed by atoms with Crippen LogP contribution in [-0.2, 0) is 13.0 Å². The number of phenols is 1. The van der Waals surface area contributed by atoms with Crippen LogP contribution in [0.5, 0.6) is 5.75 Å². The second kappa shape index (κ2) is 5.27. The van der Waals surface area contributed by atoms with Crippen molar-refractivity contribution in [2.75, 3.05) is 6.54 Å². The molecule has 0 aliphatic rings. The number of aromatic hydroxyl groups is 1. The van der Waals surface area contributed by atoms with E-state index in [1.54, 1.807) is 12.1 Å². The van der Waals surface area contributed by atoms with E-state index in [-0.39, 0.29) is 5.75 Å². The van der Waals surface area contributed by atoms with Gasteiger partial charge in [-0.25, -0.2) is 0 Å². The fraction of sp³-hybridized carbons (Fsp3) is 0.273. The first-order chi connectivity index (χ1) is 7.84. The van der Waals surface area contributed by atoms with Crippen molar-refractivity contribution in [1.82, 2.24) is 15.5 Å². The normalized spacial score (nSPS) is 10.5. The van der Waals surface area contributed by atoms with E-state index in [0.717, 1.165) is 18.5 Å². The molecule has 0 aliphatic heterocycles. The number of nitrogens with one attached hydrogen (secondary N) is 1. The average Bonchev–Trinajstić information content (AvgIpc) is 2.77. The van der Waals surface area contributed by atoms with Gasteiger partial charge in [0.05, 0.1) is 0 Å². The summed E-state index contributed by atoms with van der Waals surface area (Å²) in [4.78, 5) is 3.92. The summed E-state index contributed by atoms with van der Waals surface area (Å²) in [5, 5.41) is 16.2. The van der Waals surface area contributed by atoms with E-state index >= 15 is 0 Å². The van der Waals surface area contributed by atoms with Gasteiger partial charge in [-0.2, -0.15) is 4.98 Å². The lowest BCUT2D eigenvalue weighted by atomic mass is 10.2. The Morgan fingerprint density at radius 3 is 3.06 bits per heavy atom. The summed E-state index contributed by atoms with van der Waals surface area (Å²) >= 11 is 0. The lowest BCUT2D eigenvalue weighted by molar-refractivity contribution is 0.409. The first-order valence-corrected chi connectivity index (χ1v) is 5.08. The van der Waals surface area contributed by atoms with E-state index in [1.807, 2.05) is 12.1 Å². The van der Waals surface area contributed by atoms with E-state index in [1.165, 1.54) is 6.39 Å². The molecule has 0 saturated heterocycles. The van der Waals surface area contributed by atoms with Crippen LogP contribution in [0, 0.1) is 0 Å². The average molecular weight is 219 g/mol. The number of rotatable bonds is 5. The molecule has 0 unspecified atom stereocenters. The van der Waals surface area contributed by atoms with Crippen molar-refractivity contribution >= 4 is 0 Å². The standard InChI is InChI=1S/C11H13N3O2/c15-10-3-1-2-9(6-10)7-12-5-4-11-13-8-16-14-11/h1-3,6,8,12,15H,4-5,7H2. The first kappa shape index (κ1) is 10.6. The summed E-state index contributed by atoms with van der Waals surface area (Å²) in [6.45, 7) is 1.49. The number of phenolic OH excluding ortho intramolecular Hbond substituents is 1. The number of hydrogen-bond donors (Lipinski definition) is 2. The molecule has 84 valence electrons. The summed E-state index contributed by atoms with van der Waals surface area (Å²) in [7, 11) is 0. The SMILES string of the molecule is Oc1cccc(CNCCc2ncon2)c1. The smallest absolute Gasteiger partial charge is 0.213 e. The van der Waals surface area contributed by atoms with Gasteiger partial charge in [-0.3, -0.25) is 0 Å². The Kier molecular flexibility index (Phi) is 3.50. The van der Waals surface area contributed by atoms with Crippen molar-refractivity contribution in [2.45, 2.75) is 13.0 Å². The third-order valence-electron chi connectivity index (χ3n) is 2.17. The highest BCUT2D eigenvalue weighted by molar-refractivity contribution is 5.26. The third-order valence-corrected chi connectivity index (χ3v) is 2.17. The van der Waals surface area contributed by atoms with E-state index in [0.29, 0.717) is 12.4 Å². The van der Waals surface area contributed by atoms with Gasteiger partial charge < -0.3 is 14.9 Å². The molecular weight excluding hydrogens is 206 g/mol. The van der Waals surface area contributed by atoms with Gasteiger partial charge in [0.15, 0.2) is 5.82 Å². The Morgan fingerprint density at radius 1 is 1.38 bits per heavy atom. The van der Waals surface area contributed by atoms with E-state index in [4.69, 9.17) is 0 Å². The van der Waals surface area contributed by atoms with Gasteiger partial charge in [0.25, 0.3) is 0 Å². The molecule has 0 amide bonds. The molecule has 0 radical (unpaired) electrons. The molecule has 5 heteroatoms. The number of aromatic nitrogens is 2. The summed E-state index contributed by atoms with van der Waals surface area (Å²) in [5.74, 6) is 0.987. The number of hydrogen-bond acceptors (Lipinski definition) is 5. The lowest BCUT2D eigenvalue weighted by Gasteiger charge is -2.03. The minimum absolute atomic E-state index is 0.289. The molecule has 0 atom stereocenters. The molecule has 16 heavy (non-hydrogen) atoms. The Morgan fingerprint density at radius 2 is 2.31 bits per heavy atom. The van der Waals surface area contributed by atoms with Crippen LogP contribution < -0.4 is 5.32 Å². The van der Waals surface area contributed by atoms with E-state index in [9.17, 15) is 5.11 Å². The maximum absolute atomic E-state index is 9.26. The van der Waals surface area contributed by atoms with Crippen LogP contribution in [0.3, 0.4) is 0 Å². The molecule has 1 heterocycles. The monoisotopic (exact) mass is 219 g/mol. The minimum atomic E-state index is 0.289. The molecule has 0 aliphatic carbocycles. The minimum Gasteiger partial charge on any atom is -0.508 e. The molecule has 0 fully saturated rings. The van der Waals surface area contributed by atoms with E-state index < -0.39 is 0 Å². The van der Waals surface area contributed by atoms with Gasteiger partial charge in [0, 0.05) is 19.5 Å². The Balaban J connectivity index is 1.72. The second-order valence-corrected chi connectivity index (χ2v) is 3.44. The van der Waals surface area contributed by atoms with Crippen LogP contribution in [-0.4, -0.2) is 21.8 Å². The lowest BCUT2D eigenvalue weighted by Crippen LogP contribution is -2.17. The van der Waals surface area contributed by atoms with E-state index in [2.05, 4.69) is 20.0 Å². The Hall–Kier alpha value is -1.88. The topological polar surface area (TPSA) is 71.2 Å². The zero-order chi connectivity index (χ0) is 11.2. The Labute approximate surface area is 93.1 Å². The van der Waals surface area contributed by atoms with Crippen molar-refractivity contribution < 1.29 is 9.63 Å². The summed E-state index contributed by atoms with van der Waals surface area (Å²) in [5.41, 5.74) is 1.05. The summed E-state index contributed by atoms with van der Waals surface area (Å²) in [6, 6.07) is 7.18. The maximum atomic E-state index is 9.26. The molecule has 2 N–H and O–H groups in total. The summed E-state index contributed by atoms with van der Waals surface area (Å²) < 4.78 is 4.62. The van der Waals surface area contributed by atoms with Crippen LogP contribution in [0.25, 0.3) is 0 Å². The number of benzene rings is 1. The van der Waals surface area contributed by atoms with Crippen molar-refractivity contribution in [2.24, 2.45) is 0 Å². The molecular formula is C11H13N3O2. The fourth-order valence-electron chi connectivity index (χ4n) is 1.40. The zero-order valence-electron chi connectivity index (χ0n) is 8.76. The highest BCUT2D eigenvalue weighted by Gasteiger charge is 1.98. The molecule has 0 saturated carbocycles. The molecule has 1 aromatic carbocycles. The van der Waals surface area contributed by atoms with Gasteiger partial charge in [-0.15, -0.1) is 0 Å². The van der Waals surface area contributed by atoms with Gasteiger partial charge >= 0.3 is 0 Å². The molecule has 5 nitrogen and oxygen atoms in total. The maximum Gasteiger partial charge on any atom is 0.213 e. The van der Waals surface area contributed by atoms with Crippen molar-refractivity contribution in [3.63, 3.8) is 0 Å². The van der Waals surface area contributed by atoms with Gasteiger partial charge in [-0.1, -0.05) is 17.3 Å². The predicted octanol–water partition coefficient (Wildman–Crippen LogP) is 1.11. The molecule has 0 spiro atoms. The van der Waals surface area contributed by atoms with Gasteiger partial charge in [-0.05, 0) is 17.7 Å². The highest BCUT2D eigenvalue weighted by atomic mass is 16.5. The van der Waals surface area contributed by atoms with Crippen molar-refractivity contribution in [3.05, 3.63) is 42.0 Å². The van der Waals surface area contributed by atoms with Crippen molar-refractivity contribution in [1.29, 1.82) is 0 Å². The molecule has 1 aromatic heterocycles. The molecule has 2 aromatic rings. The van der Waals surface area contributed by atoms with Crippen LogP contribution >= 0.6 is 0 Å². The Bertz CT molecular complexity index is 429. The first-order valence-electron chi connectivity index (χ1n) is 5.08.